The van der Waals surface area contributed by atoms with Gasteiger partial charge in [0.15, 0.2) is 0 Å². The Balaban J connectivity index is 1.67. The van der Waals surface area contributed by atoms with E-state index in [9.17, 15) is 13.2 Å². The highest BCUT2D eigenvalue weighted by Crippen LogP contribution is 2.39. The minimum Gasteiger partial charge on any atom is -0.330 e. The summed E-state index contributed by atoms with van der Waals surface area (Å²) >= 11 is 1.71. The lowest BCUT2D eigenvalue weighted by Crippen LogP contribution is -2.46. The first-order valence-electron chi connectivity index (χ1n) is 10.9. The predicted molar refractivity (Wildman–Crippen MR) is 133 cm³/mol. The Morgan fingerprint density at radius 3 is 2.55 bits per heavy atom. The van der Waals surface area contributed by atoms with Gasteiger partial charge in [-0.3, -0.25) is 4.79 Å². The molecule has 1 aliphatic heterocycles. The predicted octanol–water partition coefficient (Wildman–Crippen LogP) is 4.72. The average molecular weight is 481 g/mol. The molecule has 0 saturated heterocycles. The summed E-state index contributed by atoms with van der Waals surface area (Å²) in [6.45, 7) is 8.05. The van der Waals surface area contributed by atoms with E-state index in [4.69, 9.17) is 0 Å². The number of hydrogen-bond donors (Lipinski definition) is 0. The Labute approximate surface area is 200 Å². The van der Waals surface area contributed by atoms with Crippen LogP contribution in [0.1, 0.15) is 33.2 Å². The molecule has 0 bridgehead atoms. The SMILES string of the molecule is C=CCN(CC(=O)N1CCc2sccc2C1c1ccccc1C)S(=O)(=O)c1ccc(C)cc1. The molecule has 0 fully saturated rings. The van der Waals surface area contributed by atoms with Crippen molar-refractivity contribution < 1.29 is 13.2 Å². The van der Waals surface area contributed by atoms with Crippen molar-refractivity contribution >= 4 is 27.3 Å². The van der Waals surface area contributed by atoms with Crippen LogP contribution in [0.4, 0.5) is 0 Å². The van der Waals surface area contributed by atoms with E-state index in [2.05, 4.69) is 24.1 Å². The summed E-state index contributed by atoms with van der Waals surface area (Å²) in [6.07, 6.45) is 2.29. The maximum Gasteiger partial charge on any atom is 0.243 e. The van der Waals surface area contributed by atoms with Crippen LogP contribution in [0.3, 0.4) is 0 Å². The molecule has 5 nitrogen and oxygen atoms in total. The van der Waals surface area contributed by atoms with Crippen LogP contribution in [0.25, 0.3) is 0 Å². The van der Waals surface area contributed by atoms with Crippen molar-refractivity contribution in [2.45, 2.75) is 31.2 Å². The fraction of sp³-hybridized carbons (Fsp3) is 0.269. The number of nitrogens with zero attached hydrogens (tertiary/aromatic N) is 2. The van der Waals surface area contributed by atoms with E-state index in [-0.39, 0.29) is 29.9 Å². The van der Waals surface area contributed by atoms with Gasteiger partial charge in [0.2, 0.25) is 15.9 Å². The summed E-state index contributed by atoms with van der Waals surface area (Å²) in [6, 6.07) is 16.6. The number of sulfonamides is 1. The van der Waals surface area contributed by atoms with Crippen molar-refractivity contribution in [2.24, 2.45) is 0 Å². The van der Waals surface area contributed by atoms with Crippen LogP contribution in [0.15, 0.2) is 77.5 Å². The van der Waals surface area contributed by atoms with Gasteiger partial charge in [0.25, 0.3) is 0 Å². The number of carbonyl (C=O) groups is 1. The molecule has 1 atom stereocenters. The molecular formula is C26H28N2O3S2. The lowest BCUT2D eigenvalue weighted by atomic mass is 9.90. The number of benzene rings is 2. The van der Waals surface area contributed by atoms with Gasteiger partial charge in [0.1, 0.15) is 0 Å². The fourth-order valence-corrected chi connectivity index (χ4v) is 6.57. The van der Waals surface area contributed by atoms with E-state index < -0.39 is 10.0 Å². The van der Waals surface area contributed by atoms with Crippen molar-refractivity contribution in [2.75, 3.05) is 19.6 Å². The van der Waals surface area contributed by atoms with Crippen LogP contribution < -0.4 is 0 Å². The van der Waals surface area contributed by atoms with Crippen molar-refractivity contribution in [1.82, 2.24) is 9.21 Å². The van der Waals surface area contributed by atoms with Crippen LogP contribution in [-0.4, -0.2) is 43.2 Å². The first kappa shape index (κ1) is 23.4. The molecule has 4 rings (SSSR count). The average Bonchev–Trinajstić information content (AvgIpc) is 3.28. The number of thiophene rings is 1. The first-order valence-corrected chi connectivity index (χ1v) is 13.2. The van der Waals surface area contributed by atoms with Gasteiger partial charge in [0, 0.05) is 18.0 Å². The summed E-state index contributed by atoms with van der Waals surface area (Å²) in [5.41, 5.74) is 4.28. The molecule has 7 heteroatoms. The molecule has 0 aliphatic carbocycles. The fourth-order valence-electron chi connectivity index (χ4n) is 4.31. The quantitative estimate of drug-likeness (QED) is 0.460. The standard InChI is InChI=1S/C26H28N2O3S2/c1-4-15-27(33(30,31)21-11-9-19(2)10-12-21)18-25(29)28-16-13-24-23(14-17-32-24)26(28)22-8-6-5-7-20(22)3/h4-12,14,17,26H,1,13,15-16,18H2,2-3H3. The van der Waals surface area contributed by atoms with E-state index in [0.29, 0.717) is 6.54 Å². The lowest BCUT2D eigenvalue weighted by molar-refractivity contribution is -0.133. The first-order chi connectivity index (χ1) is 15.8. The van der Waals surface area contributed by atoms with Crippen molar-refractivity contribution in [3.8, 4) is 0 Å². The third-order valence-electron chi connectivity index (χ3n) is 6.07. The Hall–Kier alpha value is -2.74. The highest BCUT2D eigenvalue weighted by molar-refractivity contribution is 7.89. The summed E-state index contributed by atoms with van der Waals surface area (Å²) < 4.78 is 27.9. The van der Waals surface area contributed by atoms with Gasteiger partial charge in [0.05, 0.1) is 17.5 Å². The van der Waals surface area contributed by atoms with E-state index in [0.717, 1.165) is 28.7 Å². The van der Waals surface area contributed by atoms with Gasteiger partial charge in [-0.05, 0) is 60.5 Å². The van der Waals surface area contributed by atoms with Gasteiger partial charge in [-0.25, -0.2) is 8.42 Å². The molecule has 2 heterocycles. The van der Waals surface area contributed by atoms with Crippen LogP contribution in [0.2, 0.25) is 0 Å². The molecule has 0 N–H and O–H groups in total. The highest BCUT2D eigenvalue weighted by atomic mass is 32.2. The Bertz CT molecular complexity index is 1260. The van der Waals surface area contributed by atoms with E-state index >= 15 is 0 Å². The summed E-state index contributed by atoms with van der Waals surface area (Å²) in [5, 5.41) is 2.07. The lowest BCUT2D eigenvalue weighted by Gasteiger charge is -2.38. The zero-order valence-electron chi connectivity index (χ0n) is 18.9. The molecule has 1 aromatic heterocycles. The second-order valence-electron chi connectivity index (χ2n) is 8.29. The summed E-state index contributed by atoms with van der Waals surface area (Å²) in [4.78, 5) is 16.9. The van der Waals surface area contributed by atoms with Gasteiger partial charge in [-0.15, -0.1) is 17.9 Å². The smallest absolute Gasteiger partial charge is 0.243 e. The molecule has 3 aromatic rings. The van der Waals surface area contributed by atoms with Gasteiger partial charge < -0.3 is 4.90 Å². The van der Waals surface area contributed by atoms with Crippen molar-refractivity contribution in [1.29, 1.82) is 0 Å². The van der Waals surface area contributed by atoms with E-state index in [1.165, 1.54) is 15.3 Å². The number of aryl methyl sites for hydroxylation is 2. The molecule has 1 amide bonds. The number of hydrogen-bond acceptors (Lipinski definition) is 4. The molecule has 1 aliphatic rings. The minimum absolute atomic E-state index is 0.0640. The van der Waals surface area contributed by atoms with E-state index in [1.54, 1.807) is 35.6 Å². The molecule has 33 heavy (non-hydrogen) atoms. The monoisotopic (exact) mass is 480 g/mol. The number of fused-ring (bicyclic) bond motifs is 1. The Morgan fingerprint density at radius 2 is 1.85 bits per heavy atom. The summed E-state index contributed by atoms with van der Waals surface area (Å²) in [5.74, 6) is -0.211. The van der Waals surface area contributed by atoms with Crippen LogP contribution in [0.5, 0.6) is 0 Å². The van der Waals surface area contributed by atoms with Crippen LogP contribution in [-0.2, 0) is 21.2 Å². The molecule has 172 valence electrons. The number of amides is 1. The minimum atomic E-state index is -3.84. The van der Waals surface area contributed by atoms with Gasteiger partial charge in [-0.2, -0.15) is 4.31 Å². The number of carbonyl (C=O) groups excluding carboxylic acids is 1. The van der Waals surface area contributed by atoms with Gasteiger partial charge in [-0.1, -0.05) is 48.0 Å². The maximum absolute atomic E-state index is 13.6. The second kappa shape index (κ2) is 9.63. The van der Waals surface area contributed by atoms with Gasteiger partial charge >= 0.3 is 0 Å². The molecule has 0 saturated carbocycles. The molecular weight excluding hydrogens is 452 g/mol. The third-order valence-corrected chi connectivity index (χ3v) is 8.89. The zero-order valence-corrected chi connectivity index (χ0v) is 20.5. The number of rotatable bonds is 7. The Morgan fingerprint density at radius 1 is 1.12 bits per heavy atom. The topological polar surface area (TPSA) is 57.7 Å². The zero-order chi connectivity index (χ0) is 23.6. The van der Waals surface area contributed by atoms with E-state index in [1.807, 2.05) is 36.9 Å². The van der Waals surface area contributed by atoms with Crippen molar-refractivity contribution in [3.05, 3.63) is 99.8 Å². The maximum atomic E-state index is 13.6. The largest absolute Gasteiger partial charge is 0.330 e. The Kier molecular flexibility index (Phi) is 6.83. The molecule has 0 spiro atoms. The van der Waals surface area contributed by atoms with Crippen molar-refractivity contribution in [3.63, 3.8) is 0 Å². The third kappa shape index (κ3) is 4.67. The second-order valence-corrected chi connectivity index (χ2v) is 11.2. The molecule has 2 aromatic carbocycles. The molecule has 0 radical (unpaired) electrons. The molecule has 1 unspecified atom stereocenters. The normalized spacial score (nSPS) is 16.0. The van der Waals surface area contributed by atoms with Crippen LogP contribution in [0, 0.1) is 13.8 Å². The highest BCUT2D eigenvalue weighted by Gasteiger charge is 2.35. The van der Waals surface area contributed by atoms with Crippen LogP contribution >= 0.6 is 11.3 Å². The summed E-state index contributed by atoms with van der Waals surface area (Å²) in [7, 11) is -3.84.